The second-order valence-electron chi connectivity index (χ2n) is 7.19. The van der Waals surface area contributed by atoms with E-state index in [4.69, 9.17) is 4.98 Å². The molecule has 1 aromatic heterocycles. The van der Waals surface area contributed by atoms with Crippen LogP contribution in [0.15, 0.2) is 48.5 Å². The van der Waals surface area contributed by atoms with Crippen molar-refractivity contribution in [3.05, 3.63) is 82.4 Å². The SMILES string of the molecule is Cc1c(CF)nc(Nc2ccc(F)cc2)nc1C1(C)NCCc2ccccc21. The molecule has 0 saturated heterocycles. The molecule has 28 heavy (non-hydrogen) atoms. The van der Waals surface area contributed by atoms with Crippen molar-refractivity contribution in [2.75, 3.05) is 11.9 Å². The topological polar surface area (TPSA) is 49.8 Å². The molecule has 4 rings (SSSR count). The van der Waals surface area contributed by atoms with Crippen LogP contribution in [-0.2, 0) is 18.6 Å². The lowest BCUT2D eigenvalue weighted by atomic mass is 9.79. The summed E-state index contributed by atoms with van der Waals surface area (Å²) in [6.45, 7) is 4.06. The van der Waals surface area contributed by atoms with Crippen LogP contribution < -0.4 is 10.6 Å². The third-order valence-electron chi connectivity index (χ3n) is 5.38. The zero-order chi connectivity index (χ0) is 19.7. The van der Waals surface area contributed by atoms with Crippen molar-refractivity contribution in [1.82, 2.24) is 15.3 Å². The zero-order valence-electron chi connectivity index (χ0n) is 15.9. The highest BCUT2D eigenvalue weighted by Gasteiger charge is 2.37. The minimum Gasteiger partial charge on any atom is -0.324 e. The maximum Gasteiger partial charge on any atom is 0.227 e. The predicted molar refractivity (Wildman–Crippen MR) is 106 cm³/mol. The molecule has 1 atom stereocenters. The summed E-state index contributed by atoms with van der Waals surface area (Å²) in [5.74, 6) is -0.0260. The van der Waals surface area contributed by atoms with Gasteiger partial charge in [-0.05, 0) is 61.2 Å². The molecule has 2 aromatic carbocycles. The molecule has 0 aliphatic carbocycles. The monoisotopic (exact) mass is 380 g/mol. The molecule has 0 saturated carbocycles. The number of anilines is 2. The first kappa shape index (κ1) is 18.5. The van der Waals surface area contributed by atoms with Gasteiger partial charge in [0.05, 0.1) is 16.9 Å². The summed E-state index contributed by atoms with van der Waals surface area (Å²) in [6, 6.07) is 14.2. The van der Waals surface area contributed by atoms with Crippen LogP contribution in [0.1, 0.15) is 35.0 Å². The summed E-state index contributed by atoms with van der Waals surface area (Å²) in [6.07, 6.45) is 0.937. The van der Waals surface area contributed by atoms with Crippen LogP contribution in [0.5, 0.6) is 0 Å². The van der Waals surface area contributed by atoms with Crippen molar-refractivity contribution in [1.29, 1.82) is 0 Å². The zero-order valence-corrected chi connectivity index (χ0v) is 15.9. The largest absolute Gasteiger partial charge is 0.324 e. The number of aromatic nitrogens is 2. The van der Waals surface area contributed by atoms with Gasteiger partial charge in [0.2, 0.25) is 5.95 Å². The lowest BCUT2D eigenvalue weighted by Crippen LogP contribution is -2.47. The Morgan fingerprint density at radius 2 is 1.86 bits per heavy atom. The molecule has 2 heterocycles. The molecule has 1 aliphatic heterocycles. The smallest absolute Gasteiger partial charge is 0.227 e. The first-order valence-electron chi connectivity index (χ1n) is 9.31. The van der Waals surface area contributed by atoms with Gasteiger partial charge in [-0.3, -0.25) is 0 Å². The van der Waals surface area contributed by atoms with E-state index in [9.17, 15) is 8.78 Å². The Kier molecular flexibility index (Phi) is 4.81. The second kappa shape index (κ2) is 7.28. The van der Waals surface area contributed by atoms with Crippen LogP contribution >= 0.6 is 0 Å². The summed E-state index contributed by atoms with van der Waals surface area (Å²) in [5, 5.41) is 6.64. The average molecular weight is 380 g/mol. The summed E-state index contributed by atoms with van der Waals surface area (Å²) in [5.41, 5.74) is 4.32. The number of nitrogens with one attached hydrogen (secondary N) is 2. The Bertz CT molecular complexity index is 1000. The lowest BCUT2D eigenvalue weighted by Gasteiger charge is -2.38. The molecule has 0 bridgehead atoms. The Hall–Kier alpha value is -2.86. The third-order valence-corrected chi connectivity index (χ3v) is 5.38. The standard InChI is InChI=1S/C22H22F2N4/c1-14-19(13-23)27-21(26-17-9-7-16(24)8-10-17)28-20(14)22(2)18-6-4-3-5-15(18)11-12-25-22/h3-10,25H,11-13H2,1-2H3,(H,26,27,28). The van der Waals surface area contributed by atoms with E-state index in [1.165, 1.54) is 17.7 Å². The summed E-state index contributed by atoms with van der Waals surface area (Å²) >= 11 is 0. The minimum absolute atomic E-state index is 0.297. The van der Waals surface area contributed by atoms with Crippen LogP contribution in [0, 0.1) is 12.7 Å². The molecule has 0 radical (unpaired) electrons. The van der Waals surface area contributed by atoms with E-state index in [1.54, 1.807) is 12.1 Å². The number of fused-ring (bicyclic) bond motifs is 1. The van der Waals surface area contributed by atoms with E-state index in [1.807, 2.05) is 19.1 Å². The third kappa shape index (κ3) is 3.24. The average Bonchev–Trinajstić information content (AvgIpc) is 2.71. The number of nitrogens with zero attached hydrogens (tertiary/aromatic N) is 2. The van der Waals surface area contributed by atoms with Gasteiger partial charge in [-0.15, -0.1) is 0 Å². The molecule has 1 aliphatic rings. The van der Waals surface area contributed by atoms with Crippen molar-refractivity contribution in [3.8, 4) is 0 Å². The molecule has 4 nitrogen and oxygen atoms in total. The fraction of sp³-hybridized carbons (Fsp3) is 0.273. The first-order valence-corrected chi connectivity index (χ1v) is 9.31. The van der Waals surface area contributed by atoms with Gasteiger partial charge in [-0.1, -0.05) is 24.3 Å². The number of rotatable bonds is 4. The van der Waals surface area contributed by atoms with E-state index < -0.39 is 12.2 Å². The molecule has 0 amide bonds. The quantitative estimate of drug-likeness (QED) is 0.697. The molecule has 0 fully saturated rings. The number of hydrogen-bond donors (Lipinski definition) is 2. The van der Waals surface area contributed by atoms with Gasteiger partial charge in [0.1, 0.15) is 12.5 Å². The van der Waals surface area contributed by atoms with Gasteiger partial charge in [0.25, 0.3) is 0 Å². The highest BCUT2D eigenvalue weighted by Crippen LogP contribution is 2.36. The van der Waals surface area contributed by atoms with Crippen molar-refractivity contribution >= 4 is 11.6 Å². The summed E-state index contributed by atoms with van der Waals surface area (Å²) < 4.78 is 26.9. The Morgan fingerprint density at radius 3 is 2.61 bits per heavy atom. The van der Waals surface area contributed by atoms with Crippen LogP contribution in [0.3, 0.4) is 0 Å². The van der Waals surface area contributed by atoms with Crippen molar-refractivity contribution < 1.29 is 8.78 Å². The Labute approximate surface area is 163 Å². The molecule has 144 valence electrons. The molecule has 2 N–H and O–H groups in total. The van der Waals surface area contributed by atoms with Crippen LogP contribution in [0.25, 0.3) is 0 Å². The van der Waals surface area contributed by atoms with Gasteiger partial charge >= 0.3 is 0 Å². The Balaban J connectivity index is 1.82. The first-order chi connectivity index (χ1) is 13.5. The van der Waals surface area contributed by atoms with Crippen molar-refractivity contribution in [2.45, 2.75) is 32.5 Å². The summed E-state index contributed by atoms with van der Waals surface area (Å²) in [7, 11) is 0. The van der Waals surface area contributed by atoms with Crippen molar-refractivity contribution in [3.63, 3.8) is 0 Å². The normalized spacial score (nSPS) is 18.6. The number of alkyl halides is 1. The van der Waals surface area contributed by atoms with Gasteiger partial charge in [0.15, 0.2) is 0 Å². The molecule has 6 heteroatoms. The molecular weight excluding hydrogens is 358 g/mol. The molecule has 0 spiro atoms. The fourth-order valence-corrected chi connectivity index (χ4v) is 3.88. The van der Waals surface area contributed by atoms with Crippen LogP contribution in [0.4, 0.5) is 20.4 Å². The second-order valence-corrected chi connectivity index (χ2v) is 7.19. The van der Waals surface area contributed by atoms with Gasteiger partial charge in [0, 0.05) is 12.2 Å². The summed E-state index contributed by atoms with van der Waals surface area (Å²) in [4.78, 5) is 9.08. The highest BCUT2D eigenvalue weighted by atomic mass is 19.1. The van der Waals surface area contributed by atoms with E-state index in [0.29, 0.717) is 17.3 Å². The number of hydrogen-bond acceptors (Lipinski definition) is 4. The minimum atomic E-state index is -0.683. The van der Waals surface area contributed by atoms with E-state index in [0.717, 1.165) is 29.8 Å². The maximum atomic E-state index is 13.7. The van der Waals surface area contributed by atoms with E-state index in [2.05, 4.69) is 34.7 Å². The lowest BCUT2D eigenvalue weighted by molar-refractivity contribution is 0.399. The molecule has 3 aromatic rings. The van der Waals surface area contributed by atoms with Crippen LogP contribution in [-0.4, -0.2) is 16.5 Å². The fourth-order valence-electron chi connectivity index (χ4n) is 3.88. The van der Waals surface area contributed by atoms with Crippen molar-refractivity contribution in [2.24, 2.45) is 0 Å². The predicted octanol–water partition coefficient (Wildman–Crippen LogP) is 4.55. The maximum absolute atomic E-state index is 13.7. The van der Waals surface area contributed by atoms with Crippen LogP contribution in [0.2, 0.25) is 0 Å². The number of benzene rings is 2. The van der Waals surface area contributed by atoms with Gasteiger partial charge in [-0.2, -0.15) is 0 Å². The highest BCUT2D eigenvalue weighted by molar-refractivity contribution is 5.55. The van der Waals surface area contributed by atoms with E-state index >= 15 is 0 Å². The van der Waals surface area contributed by atoms with Gasteiger partial charge in [-0.25, -0.2) is 18.7 Å². The molecular formula is C22H22F2N4. The van der Waals surface area contributed by atoms with Gasteiger partial charge < -0.3 is 10.6 Å². The Morgan fingerprint density at radius 1 is 1.11 bits per heavy atom. The number of halogens is 2. The molecule has 1 unspecified atom stereocenters. The van der Waals surface area contributed by atoms with E-state index in [-0.39, 0.29) is 5.82 Å².